The van der Waals surface area contributed by atoms with Crippen LogP contribution in [0.3, 0.4) is 0 Å². The Kier molecular flexibility index (Phi) is 6.23. The Balaban J connectivity index is 1.78. The van der Waals surface area contributed by atoms with Gasteiger partial charge >= 0.3 is 18.7 Å². The van der Waals surface area contributed by atoms with Gasteiger partial charge in [0.1, 0.15) is 5.75 Å². The molecule has 36 heavy (non-hydrogen) atoms. The first-order valence-electron chi connectivity index (χ1n) is 10.0. The van der Waals surface area contributed by atoms with Gasteiger partial charge in [0.2, 0.25) is 0 Å². The Labute approximate surface area is 197 Å². The fourth-order valence-corrected chi connectivity index (χ4v) is 3.53. The predicted molar refractivity (Wildman–Crippen MR) is 111 cm³/mol. The van der Waals surface area contributed by atoms with Crippen LogP contribution < -0.4 is 4.74 Å². The van der Waals surface area contributed by atoms with Gasteiger partial charge in [0.15, 0.2) is 5.69 Å². The Morgan fingerprint density at radius 3 is 1.92 bits per heavy atom. The Morgan fingerprint density at radius 1 is 0.639 bits per heavy atom. The van der Waals surface area contributed by atoms with Crippen molar-refractivity contribution in [2.45, 2.75) is 18.7 Å². The Morgan fingerprint density at radius 2 is 1.31 bits per heavy atom. The molecule has 0 saturated carbocycles. The molecule has 4 aromatic rings. The summed E-state index contributed by atoms with van der Waals surface area (Å²) >= 11 is 0. The second-order valence-corrected chi connectivity index (χ2v) is 7.49. The van der Waals surface area contributed by atoms with Crippen LogP contribution in [0, 0.1) is 0 Å². The maximum atomic E-state index is 13.6. The van der Waals surface area contributed by atoms with Crippen LogP contribution >= 0.6 is 0 Å². The fourth-order valence-electron chi connectivity index (χ4n) is 3.53. The van der Waals surface area contributed by atoms with Crippen LogP contribution in [0.1, 0.15) is 11.3 Å². The number of hydrogen-bond donors (Lipinski definition) is 0. The lowest BCUT2D eigenvalue weighted by atomic mass is 10.0. The number of halogens is 9. The van der Waals surface area contributed by atoms with Gasteiger partial charge in [0.25, 0.3) is 0 Å². The van der Waals surface area contributed by atoms with E-state index in [1.807, 2.05) is 0 Å². The third kappa shape index (κ3) is 5.47. The fraction of sp³-hybridized carbons (Fsp3) is 0.125. The van der Waals surface area contributed by atoms with Gasteiger partial charge in [-0.25, -0.2) is 4.68 Å². The van der Waals surface area contributed by atoms with Gasteiger partial charge in [-0.15, -0.1) is 13.2 Å². The predicted octanol–water partition coefficient (Wildman–Crippen LogP) is 8.14. The lowest BCUT2D eigenvalue weighted by molar-refractivity contribution is -0.274. The van der Waals surface area contributed by atoms with Gasteiger partial charge in [-0.3, -0.25) is 0 Å². The smallest absolute Gasteiger partial charge is 0.406 e. The maximum Gasteiger partial charge on any atom is 0.573 e. The second-order valence-electron chi connectivity index (χ2n) is 7.49. The summed E-state index contributed by atoms with van der Waals surface area (Å²) in [5.41, 5.74) is -2.79. The molecule has 1 heterocycles. The molecule has 3 nitrogen and oxygen atoms in total. The molecule has 0 amide bonds. The standard InChI is InChI=1S/C24H13F9N2O/c25-22(26,27)19-7-2-1-6-18(19)20-13-21(23(28,29)30)34-35(20)16-10-8-14(9-11-16)15-4-3-5-17(12-15)36-24(31,32)33/h1-13H. The zero-order chi connectivity index (χ0) is 26.3. The van der Waals surface area contributed by atoms with Crippen LogP contribution in [-0.4, -0.2) is 16.1 Å². The molecule has 12 heteroatoms. The van der Waals surface area contributed by atoms with E-state index in [4.69, 9.17) is 0 Å². The van der Waals surface area contributed by atoms with E-state index in [0.717, 1.165) is 35.0 Å². The molecule has 0 unspecified atom stereocenters. The minimum atomic E-state index is -4.92. The molecule has 0 aliphatic heterocycles. The van der Waals surface area contributed by atoms with Crippen LogP contribution in [0.25, 0.3) is 28.1 Å². The molecular formula is C24H13F9N2O. The molecule has 1 aromatic heterocycles. The molecule has 0 atom stereocenters. The summed E-state index contributed by atoms with van der Waals surface area (Å²) in [6.45, 7) is 0. The molecule has 0 saturated heterocycles. The molecular weight excluding hydrogens is 503 g/mol. The molecule has 4 rings (SSSR count). The van der Waals surface area contributed by atoms with E-state index in [9.17, 15) is 39.5 Å². The van der Waals surface area contributed by atoms with E-state index in [1.165, 1.54) is 42.5 Å². The summed E-state index contributed by atoms with van der Waals surface area (Å²) in [5, 5.41) is 3.49. The molecule has 188 valence electrons. The van der Waals surface area contributed by atoms with E-state index in [-0.39, 0.29) is 5.69 Å². The number of nitrogens with zero attached hydrogens (tertiary/aromatic N) is 2. The highest BCUT2D eigenvalue weighted by Crippen LogP contribution is 2.40. The zero-order valence-corrected chi connectivity index (χ0v) is 17.7. The molecule has 0 bridgehead atoms. The third-order valence-corrected chi connectivity index (χ3v) is 5.02. The van der Waals surface area contributed by atoms with Crippen molar-refractivity contribution in [3.8, 4) is 33.8 Å². The molecule has 0 spiro atoms. The third-order valence-electron chi connectivity index (χ3n) is 5.02. The van der Waals surface area contributed by atoms with Crippen molar-refractivity contribution in [1.82, 2.24) is 9.78 Å². The van der Waals surface area contributed by atoms with E-state index in [2.05, 4.69) is 9.84 Å². The normalized spacial score (nSPS) is 12.6. The number of aromatic nitrogens is 2. The highest BCUT2D eigenvalue weighted by molar-refractivity contribution is 5.69. The summed E-state index contributed by atoms with van der Waals surface area (Å²) in [7, 11) is 0. The van der Waals surface area contributed by atoms with Gasteiger partial charge in [0.05, 0.1) is 16.9 Å². The average molecular weight is 516 g/mol. The number of hydrogen-bond acceptors (Lipinski definition) is 2. The van der Waals surface area contributed by atoms with Gasteiger partial charge in [-0.2, -0.15) is 31.4 Å². The maximum absolute atomic E-state index is 13.6. The van der Waals surface area contributed by atoms with Crippen LogP contribution in [-0.2, 0) is 12.4 Å². The van der Waals surface area contributed by atoms with Crippen molar-refractivity contribution in [2.75, 3.05) is 0 Å². The Bertz CT molecular complexity index is 1370. The Hall–Kier alpha value is -3.96. The number of alkyl halides is 9. The van der Waals surface area contributed by atoms with Crippen LogP contribution in [0.15, 0.2) is 78.9 Å². The number of benzene rings is 3. The molecule has 0 aliphatic rings. The summed E-state index contributed by atoms with van der Waals surface area (Å²) in [4.78, 5) is 0. The van der Waals surface area contributed by atoms with E-state index >= 15 is 0 Å². The van der Waals surface area contributed by atoms with Crippen molar-refractivity contribution in [3.05, 3.63) is 90.1 Å². The highest BCUT2D eigenvalue weighted by atomic mass is 19.4. The molecule has 0 N–H and O–H groups in total. The van der Waals surface area contributed by atoms with E-state index in [0.29, 0.717) is 17.2 Å². The average Bonchev–Trinajstić information content (AvgIpc) is 3.24. The van der Waals surface area contributed by atoms with Crippen molar-refractivity contribution in [1.29, 1.82) is 0 Å². The van der Waals surface area contributed by atoms with E-state index < -0.39 is 47.0 Å². The molecule has 0 aliphatic carbocycles. The summed E-state index contributed by atoms with van der Waals surface area (Å²) in [6.07, 6.45) is -14.7. The SMILES string of the molecule is FC(F)(F)Oc1cccc(-c2ccc(-n3nc(C(F)(F)F)cc3-c3ccccc3C(F)(F)F)cc2)c1. The van der Waals surface area contributed by atoms with Gasteiger partial charge in [-0.1, -0.05) is 42.5 Å². The topological polar surface area (TPSA) is 27.1 Å². The highest BCUT2D eigenvalue weighted by Gasteiger charge is 2.38. The van der Waals surface area contributed by atoms with Crippen molar-refractivity contribution >= 4 is 0 Å². The van der Waals surface area contributed by atoms with Crippen molar-refractivity contribution < 1.29 is 44.3 Å². The quantitative estimate of drug-likeness (QED) is 0.256. The first kappa shape index (κ1) is 25.1. The van der Waals surface area contributed by atoms with Crippen LogP contribution in [0.5, 0.6) is 5.75 Å². The first-order valence-corrected chi connectivity index (χ1v) is 10.0. The van der Waals surface area contributed by atoms with Crippen molar-refractivity contribution in [3.63, 3.8) is 0 Å². The van der Waals surface area contributed by atoms with Crippen LogP contribution in [0.4, 0.5) is 39.5 Å². The van der Waals surface area contributed by atoms with Gasteiger partial charge in [-0.05, 0) is 47.5 Å². The van der Waals surface area contributed by atoms with Crippen molar-refractivity contribution in [2.24, 2.45) is 0 Å². The summed E-state index contributed by atoms with van der Waals surface area (Å²) < 4.78 is 123. The lowest BCUT2D eigenvalue weighted by Crippen LogP contribution is -2.17. The minimum Gasteiger partial charge on any atom is -0.406 e. The van der Waals surface area contributed by atoms with Gasteiger partial charge < -0.3 is 4.74 Å². The second kappa shape index (κ2) is 8.92. The van der Waals surface area contributed by atoms with Gasteiger partial charge in [0, 0.05) is 5.56 Å². The minimum absolute atomic E-state index is 0.00363. The zero-order valence-electron chi connectivity index (χ0n) is 17.7. The number of ether oxygens (including phenoxy) is 1. The molecule has 0 radical (unpaired) electrons. The monoisotopic (exact) mass is 516 g/mol. The van der Waals surface area contributed by atoms with E-state index in [1.54, 1.807) is 0 Å². The largest absolute Gasteiger partial charge is 0.573 e. The summed E-state index contributed by atoms with van der Waals surface area (Å²) in [5.74, 6) is -0.475. The van der Waals surface area contributed by atoms with Crippen LogP contribution in [0.2, 0.25) is 0 Å². The number of rotatable bonds is 4. The summed E-state index contributed by atoms with van der Waals surface area (Å²) in [6, 6.07) is 15.1. The first-order chi connectivity index (χ1) is 16.7. The lowest BCUT2D eigenvalue weighted by Gasteiger charge is -2.14. The molecule has 3 aromatic carbocycles. The molecule has 0 fully saturated rings.